The van der Waals surface area contributed by atoms with Gasteiger partial charge in [0, 0.05) is 102 Å². The van der Waals surface area contributed by atoms with E-state index in [4.69, 9.17) is 14.5 Å². The van der Waals surface area contributed by atoms with Crippen molar-refractivity contribution in [2.75, 3.05) is 50.8 Å². The number of nitrogens with zero attached hydrogens (tertiary/aromatic N) is 7. The highest BCUT2D eigenvalue weighted by Crippen LogP contribution is 2.37. The van der Waals surface area contributed by atoms with E-state index < -0.39 is 13.7 Å². The van der Waals surface area contributed by atoms with Crippen molar-refractivity contribution in [2.24, 2.45) is 0 Å². The number of carbonyl (C=O) groups excluding carboxylic acids is 1. The van der Waals surface area contributed by atoms with E-state index in [0.29, 0.717) is 25.9 Å². The van der Waals surface area contributed by atoms with Gasteiger partial charge < -0.3 is 23.8 Å². The fourth-order valence-corrected chi connectivity index (χ4v) is 6.58. The molecule has 0 bridgehead atoms. The third kappa shape index (κ3) is 7.48. The number of rotatable bonds is 8. The maximum atomic E-state index is 12.6. The molecule has 3 aromatic heterocycles. The summed E-state index contributed by atoms with van der Waals surface area (Å²) >= 11 is 0. The predicted octanol–water partition coefficient (Wildman–Crippen LogP) is 5.33. The molecule has 3 aromatic rings. The summed E-state index contributed by atoms with van der Waals surface area (Å²) in [6, 6.07) is 3.71. The molecule has 2 aliphatic heterocycles. The van der Waals surface area contributed by atoms with E-state index in [0.717, 1.165) is 73.8 Å². The Kier molecular flexibility index (Phi) is 9.19. The lowest BCUT2D eigenvalue weighted by molar-refractivity contribution is 0.00959. The van der Waals surface area contributed by atoms with E-state index in [1.165, 1.54) is 5.69 Å². The van der Waals surface area contributed by atoms with Gasteiger partial charge in [0.25, 0.3) is 0 Å². The summed E-state index contributed by atoms with van der Waals surface area (Å²) in [6.45, 7) is 19.1. The molecule has 2 fully saturated rings. The highest BCUT2D eigenvalue weighted by Gasteiger charge is 2.32. The molecule has 1 atom stereocenters. The summed E-state index contributed by atoms with van der Waals surface area (Å²) in [6.07, 6.45) is 11.4. The van der Waals surface area contributed by atoms with Gasteiger partial charge in [-0.3, -0.25) is 4.90 Å². The van der Waals surface area contributed by atoms with Gasteiger partial charge in [-0.1, -0.05) is 19.6 Å². The van der Waals surface area contributed by atoms with Gasteiger partial charge >= 0.3 is 6.09 Å². The molecule has 0 radical (unpaired) electrons. The van der Waals surface area contributed by atoms with Crippen molar-refractivity contribution in [3.05, 3.63) is 37.2 Å². The average molecular weight is 594 g/mol. The summed E-state index contributed by atoms with van der Waals surface area (Å²) in [4.78, 5) is 33.0. The van der Waals surface area contributed by atoms with Gasteiger partial charge in [-0.05, 0) is 45.7 Å². The maximum absolute atomic E-state index is 12.6. The summed E-state index contributed by atoms with van der Waals surface area (Å²) in [7, 11) is -1.17. The van der Waals surface area contributed by atoms with E-state index in [1.54, 1.807) is 6.33 Å². The summed E-state index contributed by atoms with van der Waals surface area (Å²) in [5.74, 6) is 0. The average Bonchev–Trinajstić information content (AvgIpc) is 3.33. The van der Waals surface area contributed by atoms with Crippen LogP contribution in [0.3, 0.4) is 0 Å². The van der Waals surface area contributed by atoms with Crippen LogP contribution in [0.25, 0.3) is 22.2 Å². The number of piperazine rings is 1. The molecule has 228 valence electrons. The van der Waals surface area contributed by atoms with Crippen LogP contribution in [0.1, 0.15) is 33.6 Å². The van der Waals surface area contributed by atoms with Gasteiger partial charge in [0.15, 0.2) is 0 Å². The molecule has 1 amide bonds. The monoisotopic (exact) mass is 593 g/mol. The van der Waals surface area contributed by atoms with Crippen LogP contribution in [0.4, 0.5) is 10.5 Å². The van der Waals surface area contributed by atoms with Crippen LogP contribution in [0.5, 0.6) is 0 Å². The highest BCUT2D eigenvalue weighted by molar-refractivity contribution is 6.76. The van der Waals surface area contributed by atoms with E-state index in [1.807, 2.05) is 44.3 Å². The van der Waals surface area contributed by atoms with Crippen molar-refractivity contribution >= 4 is 30.9 Å². The highest BCUT2D eigenvalue weighted by atomic mass is 28.3. The smallest absolute Gasteiger partial charge is 0.410 e. The lowest BCUT2D eigenvalue weighted by Crippen LogP contribution is -2.56. The van der Waals surface area contributed by atoms with E-state index >= 15 is 0 Å². The zero-order valence-corrected chi connectivity index (χ0v) is 27.2. The first-order valence-electron chi connectivity index (χ1n) is 15.3. The van der Waals surface area contributed by atoms with E-state index in [2.05, 4.69) is 56.2 Å². The molecule has 0 aliphatic carbocycles. The van der Waals surface area contributed by atoms with Crippen molar-refractivity contribution in [1.82, 2.24) is 29.3 Å². The molecule has 2 saturated heterocycles. The number of piperidine rings is 1. The molecule has 42 heavy (non-hydrogen) atoms. The first-order valence-corrected chi connectivity index (χ1v) is 19.0. The topological polar surface area (TPSA) is 88.9 Å². The number of carbonyl (C=O) groups is 1. The zero-order valence-electron chi connectivity index (χ0n) is 26.2. The Balaban J connectivity index is 1.34. The second kappa shape index (κ2) is 12.7. The molecule has 0 aromatic carbocycles. The standard InChI is InChI=1S/C31H47N7O3Si/c1-31(2,3)41-30(39)36-14-12-35(13-15-36)25-8-7-11-37(20-25)27-9-10-34-29-28(27)26(24-18-32-22-33-19-24)21-38(29)23-40-16-17-42(4,5)6/h9-10,18-19,21-22,25H,7-8,11-17,20,23H2,1-6H3. The fraction of sp³-hybridized carbons (Fsp3) is 0.613. The molecule has 0 saturated carbocycles. The number of pyridine rings is 1. The number of fused-ring (bicyclic) bond motifs is 1. The van der Waals surface area contributed by atoms with Crippen LogP contribution in [0.15, 0.2) is 37.2 Å². The first kappa shape index (κ1) is 30.4. The fourth-order valence-electron chi connectivity index (χ4n) is 5.83. The Morgan fingerprint density at radius 1 is 1.07 bits per heavy atom. The second-order valence-corrected chi connectivity index (χ2v) is 19.4. The number of amides is 1. The summed E-state index contributed by atoms with van der Waals surface area (Å²) in [5, 5.41) is 1.12. The summed E-state index contributed by atoms with van der Waals surface area (Å²) in [5.41, 5.74) is 3.70. The summed E-state index contributed by atoms with van der Waals surface area (Å²) < 4.78 is 13.9. The number of ether oxygens (including phenoxy) is 2. The van der Waals surface area contributed by atoms with Gasteiger partial charge in [0.05, 0.1) is 5.39 Å². The van der Waals surface area contributed by atoms with Crippen molar-refractivity contribution in [3.8, 4) is 11.1 Å². The maximum Gasteiger partial charge on any atom is 0.410 e. The Bertz CT molecular complexity index is 1340. The van der Waals surface area contributed by atoms with E-state index in [-0.39, 0.29) is 6.09 Å². The number of anilines is 1. The third-order valence-corrected chi connectivity index (χ3v) is 9.76. The quantitative estimate of drug-likeness (QED) is 0.256. The molecule has 11 heteroatoms. The molecule has 1 unspecified atom stereocenters. The molecule has 2 aliphatic rings. The van der Waals surface area contributed by atoms with Gasteiger partial charge in [-0.2, -0.15) is 0 Å². The van der Waals surface area contributed by atoms with E-state index in [9.17, 15) is 4.79 Å². The van der Waals surface area contributed by atoms with Crippen LogP contribution in [0.2, 0.25) is 25.7 Å². The van der Waals surface area contributed by atoms with Crippen LogP contribution in [0, 0.1) is 0 Å². The lowest BCUT2D eigenvalue weighted by atomic mass is 10.0. The Morgan fingerprint density at radius 2 is 1.81 bits per heavy atom. The third-order valence-electron chi connectivity index (χ3n) is 8.05. The van der Waals surface area contributed by atoms with Crippen LogP contribution in [-0.2, 0) is 16.2 Å². The zero-order chi connectivity index (χ0) is 29.9. The van der Waals surface area contributed by atoms with Crippen molar-refractivity contribution in [1.29, 1.82) is 0 Å². The normalized spacial score (nSPS) is 19.0. The molecule has 5 heterocycles. The van der Waals surface area contributed by atoms with Crippen molar-refractivity contribution < 1.29 is 14.3 Å². The van der Waals surface area contributed by atoms with Gasteiger partial charge in [-0.25, -0.2) is 19.7 Å². The molecular formula is C31H47N7O3Si. The molecule has 0 N–H and O–H groups in total. The van der Waals surface area contributed by atoms with Gasteiger partial charge in [0.1, 0.15) is 24.3 Å². The Morgan fingerprint density at radius 3 is 2.50 bits per heavy atom. The molecule has 10 nitrogen and oxygen atoms in total. The largest absolute Gasteiger partial charge is 0.444 e. The Hall–Kier alpha value is -3.02. The van der Waals surface area contributed by atoms with Crippen LogP contribution >= 0.6 is 0 Å². The Labute approximate surface area is 251 Å². The predicted molar refractivity (Wildman–Crippen MR) is 169 cm³/mol. The SMILES string of the molecule is CC(C)(C)OC(=O)N1CCN(C2CCCN(c3ccnc4c3c(-c3cncnc3)cn4COCC[Si](C)(C)C)C2)CC1. The van der Waals surface area contributed by atoms with Crippen molar-refractivity contribution in [3.63, 3.8) is 0 Å². The van der Waals surface area contributed by atoms with Crippen molar-refractivity contribution in [2.45, 2.75) is 77.7 Å². The minimum absolute atomic E-state index is 0.210. The lowest BCUT2D eigenvalue weighted by Gasteiger charge is -2.44. The van der Waals surface area contributed by atoms with Gasteiger partial charge in [-0.15, -0.1) is 0 Å². The first-order chi connectivity index (χ1) is 20.0. The van der Waals surface area contributed by atoms with Gasteiger partial charge in [0.2, 0.25) is 0 Å². The van der Waals surface area contributed by atoms with Crippen LogP contribution < -0.4 is 4.90 Å². The molecular weight excluding hydrogens is 546 g/mol. The second-order valence-electron chi connectivity index (χ2n) is 13.8. The minimum Gasteiger partial charge on any atom is -0.444 e. The van der Waals surface area contributed by atoms with Crippen LogP contribution in [-0.4, -0.2) is 101 Å². The number of hydrogen-bond acceptors (Lipinski definition) is 8. The number of hydrogen-bond donors (Lipinski definition) is 0. The molecule has 0 spiro atoms. The number of aromatic nitrogens is 4. The molecule has 5 rings (SSSR count). The minimum atomic E-state index is -1.17.